The number of rotatable bonds is 7. The lowest BCUT2D eigenvalue weighted by atomic mass is 10.0. The van der Waals surface area contributed by atoms with E-state index in [1.54, 1.807) is 7.05 Å². The summed E-state index contributed by atoms with van der Waals surface area (Å²) >= 11 is 0. The average Bonchev–Trinajstić information content (AvgIpc) is 3.37. The number of anilines is 1. The number of piperidine rings is 1. The first-order valence-corrected chi connectivity index (χ1v) is 15.1. The average molecular weight is 599 g/mol. The molecule has 10 nitrogen and oxygen atoms in total. The molecule has 1 atom stereocenters. The first-order chi connectivity index (χ1) is 20.9. The van der Waals surface area contributed by atoms with E-state index in [4.69, 9.17) is 9.72 Å². The first kappa shape index (κ1) is 30.8. The van der Waals surface area contributed by atoms with E-state index in [1.165, 1.54) is 9.13 Å². The van der Waals surface area contributed by atoms with Crippen LogP contribution in [0, 0.1) is 0 Å². The number of fused-ring (bicyclic) bond motifs is 1. The van der Waals surface area contributed by atoms with E-state index >= 15 is 0 Å². The van der Waals surface area contributed by atoms with Crippen molar-refractivity contribution in [2.45, 2.75) is 72.2 Å². The van der Waals surface area contributed by atoms with Crippen LogP contribution in [0.5, 0.6) is 0 Å². The van der Waals surface area contributed by atoms with Gasteiger partial charge < -0.3 is 19.5 Å². The highest BCUT2D eigenvalue weighted by Gasteiger charge is 2.29. The normalized spacial score (nSPS) is 15.3. The Bertz CT molecular complexity index is 1790. The number of hydrogen-bond donors (Lipinski definition) is 1. The lowest BCUT2D eigenvalue weighted by Gasteiger charge is -2.34. The molecular formula is C34H42N6O4. The van der Waals surface area contributed by atoms with Gasteiger partial charge in [0.1, 0.15) is 5.60 Å². The zero-order chi connectivity index (χ0) is 31.6. The molecule has 1 N–H and O–H groups in total. The third-order valence-electron chi connectivity index (χ3n) is 7.72. The van der Waals surface area contributed by atoms with Crippen molar-refractivity contribution in [2.75, 3.05) is 18.0 Å². The van der Waals surface area contributed by atoms with Gasteiger partial charge in [-0.15, -0.1) is 0 Å². The molecule has 5 rings (SSSR count). The monoisotopic (exact) mass is 598 g/mol. The van der Waals surface area contributed by atoms with Gasteiger partial charge in [0.25, 0.3) is 5.56 Å². The second-order valence-electron chi connectivity index (χ2n) is 12.7. The van der Waals surface area contributed by atoms with E-state index in [0.717, 1.165) is 35.1 Å². The highest BCUT2D eigenvalue weighted by atomic mass is 16.6. The van der Waals surface area contributed by atoms with Gasteiger partial charge in [-0.25, -0.2) is 9.59 Å². The van der Waals surface area contributed by atoms with E-state index < -0.39 is 17.4 Å². The number of allylic oxidation sites excluding steroid dienone is 2. The molecule has 44 heavy (non-hydrogen) atoms. The predicted molar refractivity (Wildman–Crippen MR) is 174 cm³/mol. The maximum atomic E-state index is 14.1. The molecule has 1 amide bonds. The summed E-state index contributed by atoms with van der Waals surface area (Å²) in [6.07, 6.45) is 3.22. The predicted octanol–water partition coefficient (Wildman–Crippen LogP) is 5.07. The lowest BCUT2D eigenvalue weighted by Crippen LogP contribution is -2.49. The fourth-order valence-corrected chi connectivity index (χ4v) is 5.55. The second kappa shape index (κ2) is 12.6. The van der Waals surface area contributed by atoms with Crippen LogP contribution in [-0.4, -0.2) is 49.5 Å². The fraction of sp³-hybridized carbons (Fsp3) is 0.412. The number of carbonyl (C=O) groups excluding carboxylic acids is 1. The number of ether oxygens (including phenoxy) is 1. The summed E-state index contributed by atoms with van der Waals surface area (Å²) in [6.45, 7) is 11.3. The van der Waals surface area contributed by atoms with E-state index in [-0.39, 0.29) is 18.1 Å². The minimum atomic E-state index is -0.592. The molecule has 0 aliphatic carbocycles. The van der Waals surface area contributed by atoms with Crippen LogP contribution in [0.4, 0.5) is 10.7 Å². The van der Waals surface area contributed by atoms with Crippen LogP contribution in [0.25, 0.3) is 22.3 Å². The van der Waals surface area contributed by atoms with Crippen LogP contribution in [-0.2, 0) is 24.9 Å². The number of nitrogens with one attached hydrogen (secondary N) is 1. The highest BCUT2D eigenvalue weighted by Crippen LogP contribution is 2.24. The fourth-order valence-electron chi connectivity index (χ4n) is 5.55. The van der Waals surface area contributed by atoms with Crippen LogP contribution in [0.3, 0.4) is 0 Å². The molecule has 0 bridgehead atoms. The number of hydrogen-bond acceptors (Lipinski definition) is 6. The molecule has 232 valence electrons. The Balaban J connectivity index is 1.51. The topological polar surface area (TPSA) is 103 Å². The van der Waals surface area contributed by atoms with Gasteiger partial charge in [-0.1, -0.05) is 66.2 Å². The number of aryl methyl sites for hydroxylation is 1. The Morgan fingerprint density at radius 2 is 1.70 bits per heavy atom. The molecule has 1 saturated heterocycles. The summed E-state index contributed by atoms with van der Waals surface area (Å²) in [5, 5.41) is 2.99. The molecule has 1 unspecified atom stereocenters. The van der Waals surface area contributed by atoms with Crippen molar-refractivity contribution >= 4 is 23.2 Å². The van der Waals surface area contributed by atoms with Crippen LogP contribution < -0.4 is 21.5 Å². The molecule has 0 saturated carbocycles. The zero-order valence-electron chi connectivity index (χ0n) is 26.5. The Morgan fingerprint density at radius 1 is 1.02 bits per heavy atom. The summed E-state index contributed by atoms with van der Waals surface area (Å²) in [7, 11) is 1.66. The summed E-state index contributed by atoms with van der Waals surface area (Å²) in [5.41, 5.74) is 3.45. The van der Waals surface area contributed by atoms with E-state index in [9.17, 15) is 14.4 Å². The van der Waals surface area contributed by atoms with Gasteiger partial charge in [0, 0.05) is 32.7 Å². The summed E-state index contributed by atoms with van der Waals surface area (Å²) in [4.78, 5) is 47.1. The number of imidazole rings is 1. The molecule has 1 aliphatic rings. The zero-order valence-corrected chi connectivity index (χ0v) is 26.5. The minimum absolute atomic E-state index is 0.144. The van der Waals surface area contributed by atoms with E-state index in [0.29, 0.717) is 36.7 Å². The van der Waals surface area contributed by atoms with Crippen molar-refractivity contribution in [3.63, 3.8) is 0 Å². The van der Waals surface area contributed by atoms with Gasteiger partial charge in [-0.05, 0) is 64.2 Å². The van der Waals surface area contributed by atoms with Gasteiger partial charge in [-0.2, -0.15) is 4.98 Å². The number of amides is 1. The smallest absolute Gasteiger partial charge is 0.407 e. The largest absolute Gasteiger partial charge is 0.444 e. The van der Waals surface area contributed by atoms with Crippen LogP contribution in [0.1, 0.15) is 53.0 Å². The molecule has 3 heterocycles. The van der Waals surface area contributed by atoms with Gasteiger partial charge >= 0.3 is 11.8 Å². The van der Waals surface area contributed by atoms with Gasteiger partial charge in [-0.3, -0.25) is 13.9 Å². The van der Waals surface area contributed by atoms with Crippen molar-refractivity contribution < 1.29 is 9.53 Å². The Hall–Kier alpha value is -4.60. The van der Waals surface area contributed by atoms with Gasteiger partial charge in [0.05, 0.1) is 6.54 Å². The quantitative estimate of drug-likeness (QED) is 0.298. The summed E-state index contributed by atoms with van der Waals surface area (Å²) in [5.74, 6) is 0.602. The third-order valence-corrected chi connectivity index (χ3v) is 7.72. The van der Waals surface area contributed by atoms with Crippen LogP contribution >= 0.6 is 0 Å². The van der Waals surface area contributed by atoms with Crippen LogP contribution in [0.15, 0.2) is 75.8 Å². The maximum absolute atomic E-state index is 14.1. The number of benzene rings is 2. The molecule has 4 aromatic rings. The van der Waals surface area contributed by atoms with Crippen LogP contribution in [0.2, 0.25) is 0 Å². The van der Waals surface area contributed by atoms with Crippen molar-refractivity contribution in [2.24, 2.45) is 7.05 Å². The minimum Gasteiger partial charge on any atom is -0.444 e. The number of aromatic nitrogens is 4. The molecular weight excluding hydrogens is 556 g/mol. The Kier molecular flexibility index (Phi) is 8.80. The number of nitrogens with zero attached hydrogens (tertiary/aromatic N) is 5. The van der Waals surface area contributed by atoms with Crippen molar-refractivity contribution in [3.05, 3.63) is 92.6 Å². The van der Waals surface area contributed by atoms with Gasteiger partial charge in [0.15, 0.2) is 11.2 Å². The summed E-state index contributed by atoms with van der Waals surface area (Å²) in [6, 6.07) is 17.8. The molecule has 0 radical (unpaired) electrons. The Labute approximate surface area is 257 Å². The Morgan fingerprint density at radius 3 is 2.36 bits per heavy atom. The molecule has 2 aromatic carbocycles. The molecule has 0 spiro atoms. The van der Waals surface area contributed by atoms with E-state index in [2.05, 4.69) is 10.2 Å². The second-order valence-corrected chi connectivity index (χ2v) is 12.7. The van der Waals surface area contributed by atoms with Crippen molar-refractivity contribution in [1.82, 2.24) is 24.0 Å². The van der Waals surface area contributed by atoms with Gasteiger partial charge in [0.2, 0.25) is 5.95 Å². The molecule has 1 aliphatic heterocycles. The SMILES string of the molecule is CC(C)=CCn1c(N2CCCC(NC(=O)OC(C)(C)C)C2)nc2c1c(=O)n(Cc1ccc(-c3ccccc3)cc1)c(=O)n2C. The maximum Gasteiger partial charge on any atom is 0.407 e. The van der Waals surface area contributed by atoms with Crippen molar-refractivity contribution in [3.8, 4) is 11.1 Å². The van der Waals surface area contributed by atoms with Crippen molar-refractivity contribution in [1.29, 1.82) is 0 Å². The number of alkyl carbamates (subject to hydrolysis) is 1. The molecule has 10 heteroatoms. The molecule has 1 fully saturated rings. The standard InChI is InChI=1S/C34H42N6O4/c1-23(2)18-20-39-28-29(36-31(39)38-19-10-13-27(22-38)35-32(42)44-34(3,4)5)37(6)33(43)40(30(28)41)21-24-14-16-26(17-15-24)25-11-8-7-9-12-25/h7-9,11-12,14-18,27H,10,13,19-22H2,1-6H3,(H,35,42). The molecule has 2 aromatic heterocycles. The summed E-state index contributed by atoms with van der Waals surface area (Å²) < 4.78 is 10.1. The third kappa shape index (κ3) is 6.79. The highest BCUT2D eigenvalue weighted by molar-refractivity contribution is 5.75. The number of carbonyl (C=O) groups is 1. The lowest BCUT2D eigenvalue weighted by molar-refractivity contribution is 0.0499. The van der Waals surface area contributed by atoms with E-state index in [1.807, 2.05) is 99.9 Å². The first-order valence-electron chi connectivity index (χ1n) is 15.1.